The number of hydrogen-bond acceptors (Lipinski definition) is 4. The third kappa shape index (κ3) is 10.1. The minimum Gasteiger partial charge on any atom is -0.481 e. The molecule has 0 aliphatic heterocycles. The smallest absolute Gasteiger partial charge is 0.303 e. The van der Waals surface area contributed by atoms with Gasteiger partial charge in [0.2, 0.25) is 0 Å². The molecule has 0 unspecified atom stereocenters. The number of aliphatic hydroxyl groups is 3. The maximum absolute atomic E-state index is 10.5. The summed E-state index contributed by atoms with van der Waals surface area (Å²) < 4.78 is 0. The van der Waals surface area contributed by atoms with Crippen LogP contribution in [0.1, 0.15) is 77.6 Å². The van der Waals surface area contributed by atoms with E-state index in [2.05, 4.69) is 13.0 Å². The van der Waals surface area contributed by atoms with E-state index in [1.807, 2.05) is 12.2 Å². The topological polar surface area (TPSA) is 98.0 Å². The van der Waals surface area contributed by atoms with Crippen molar-refractivity contribution >= 4 is 5.97 Å². The van der Waals surface area contributed by atoms with Crippen LogP contribution in [-0.4, -0.2) is 44.7 Å². The number of carboxylic acids is 1. The second kappa shape index (κ2) is 13.9. The van der Waals surface area contributed by atoms with E-state index in [1.54, 1.807) is 6.08 Å². The van der Waals surface area contributed by atoms with Gasteiger partial charge in [0.1, 0.15) is 0 Å². The second-order valence-electron chi connectivity index (χ2n) is 7.76. The van der Waals surface area contributed by atoms with Gasteiger partial charge in [0.05, 0.1) is 18.3 Å². The number of carbonyl (C=O) groups is 1. The lowest BCUT2D eigenvalue weighted by atomic mass is 9.88. The van der Waals surface area contributed by atoms with Crippen molar-refractivity contribution in [3.63, 3.8) is 0 Å². The predicted octanol–water partition coefficient (Wildman–Crippen LogP) is 3.82. The quantitative estimate of drug-likeness (QED) is 0.270. The van der Waals surface area contributed by atoms with Gasteiger partial charge in [-0.3, -0.25) is 4.79 Å². The van der Waals surface area contributed by atoms with E-state index in [0.29, 0.717) is 19.3 Å². The van der Waals surface area contributed by atoms with Gasteiger partial charge < -0.3 is 20.4 Å². The minimum atomic E-state index is -0.777. The molecule has 0 aromatic heterocycles. The molecule has 0 aromatic rings. The number of rotatable bonds is 14. The number of hydrogen-bond donors (Lipinski definition) is 4. The molecule has 4 N–H and O–H groups in total. The molecule has 0 aromatic carbocycles. The number of aliphatic hydroxyl groups excluding tert-OH is 3. The highest BCUT2D eigenvalue weighted by Crippen LogP contribution is 2.37. The Morgan fingerprint density at radius 1 is 1.07 bits per heavy atom. The monoisotopic (exact) mass is 382 g/mol. The van der Waals surface area contributed by atoms with Gasteiger partial charge in [0, 0.05) is 18.8 Å². The standard InChI is InChI=1S/C22H38O5/c1-2-3-4-5-6-8-11-17(23)14-15-19-18(20(24)16-21(19)25)12-9-7-10-13-22(26)27/h6,8,14-15,17-21,23-25H,2-5,7,9-13,16H2,1H3,(H,26,27)/b8-6-,15-14+/t17-,18+,19-,20+,21-/m0/s1. The van der Waals surface area contributed by atoms with Crippen molar-refractivity contribution in [2.24, 2.45) is 11.8 Å². The molecule has 0 amide bonds. The Morgan fingerprint density at radius 2 is 1.85 bits per heavy atom. The Hall–Kier alpha value is -1.17. The van der Waals surface area contributed by atoms with Gasteiger partial charge in [-0.25, -0.2) is 0 Å². The van der Waals surface area contributed by atoms with Crippen LogP contribution in [0.2, 0.25) is 0 Å². The summed E-state index contributed by atoms with van der Waals surface area (Å²) in [5.74, 6) is -0.957. The summed E-state index contributed by atoms with van der Waals surface area (Å²) in [4.78, 5) is 10.5. The Labute approximate surface area is 163 Å². The van der Waals surface area contributed by atoms with Gasteiger partial charge in [-0.05, 0) is 38.0 Å². The highest BCUT2D eigenvalue weighted by atomic mass is 16.4. The van der Waals surface area contributed by atoms with Crippen LogP contribution >= 0.6 is 0 Å². The van der Waals surface area contributed by atoms with Gasteiger partial charge in [-0.2, -0.15) is 0 Å². The van der Waals surface area contributed by atoms with Crippen LogP contribution in [0.25, 0.3) is 0 Å². The van der Waals surface area contributed by atoms with Gasteiger partial charge in [-0.1, -0.05) is 56.9 Å². The maximum Gasteiger partial charge on any atom is 0.303 e. The minimum absolute atomic E-state index is 0.0298. The molecule has 5 atom stereocenters. The summed E-state index contributed by atoms with van der Waals surface area (Å²) in [6, 6.07) is 0. The largest absolute Gasteiger partial charge is 0.481 e. The lowest BCUT2D eigenvalue weighted by molar-refractivity contribution is -0.137. The van der Waals surface area contributed by atoms with Gasteiger partial charge in [0.15, 0.2) is 0 Å². The van der Waals surface area contributed by atoms with Crippen molar-refractivity contribution in [2.45, 2.75) is 95.9 Å². The van der Waals surface area contributed by atoms with E-state index in [-0.39, 0.29) is 18.3 Å². The molecule has 0 radical (unpaired) electrons. The van der Waals surface area contributed by atoms with Crippen LogP contribution in [-0.2, 0) is 4.79 Å². The fourth-order valence-corrected chi connectivity index (χ4v) is 3.81. The summed E-state index contributed by atoms with van der Waals surface area (Å²) >= 11 is 0. The number of unbranched alkanes of at least 4 members (excludes halogenated alkanes) is 5. The Kier molecular flexibility index (Phi) is 12.3. The average molecular weight is 383 g/mol. The lowest BCUT2D eigenvalue weighted by Crippen LogP contribution is -2.21. The second-order valence-corrected chi connectivity index (χ2v) is 7.76. The molecule has 1 fully saturated rings. The molecule has 1 aliphatic rings. The van der Waals surface area contributed by atoms with Crippen molar-refractivity contribution in [2.75, 3.05) is 0 Å². The zero-order valence-corrected chi connectivity index (χ0v) is 16.7. The summed E-state index contributed by atoms with van der Waals surface area (Å²) in [5.41, 5.74) is 0. The number of allylic oxidation sites excluding steroid dienone is 1. The van der Waals surface area contributed by atoms with Crippen molar-refractivity contribution in [3.05, 3.63) is 24.3 Å². The van der Waals surface area contributed by atoms with Gasteiger partial charge in [0.25, 0.3) is 0 Å². The molecule has 5 heteroatoms. The Balaban J connectivity index is 2.39. The summed E-state index contributed by atoms with van der Waals surface area (Å²) in [7, 11) is 0. The first-order valence-electron chi connectivity index (χ1n) is 10.5. The predicted molar refractivity (Wildman–Crippen MR) is 107 cm³/mol. The van der Waals surface area contributed by atoms with Crippen LogP contribution in [0.5, 0.6) is 0 Å². The molecule has 1 rings (SSSR count). The van der Waals surface area contributed by atoms with Crippen molar-refractivity contribution < 1.29 is 25.2 Å². The Morgan fingerprint density at radius 3 is 2.56 bits per heavy atom. The van der Waals surface area contributed by atoms with Crippen molar-refractivity contribution in [3.8, 4) is 0 Å². The highest BCUT2D eigenvalue weighted by molar-refractivity contribution is 5.66. The normalized spacial score (nSPS) is 27.0. The third-order valence-corrected chi connectivity index (χ3v) is 5.42. The highest BCUT2D eigenvalue weighted by Gasteiger charge is 2.39. The van der Waals surface area contributed by atoms with E-state index in [9.17, 15) is 20.1 Å². The first kappa shape index (κ1) is 23.9. The SMILES string of the molecule is CCCCC/C=C\C[C@H](O)/C=C/[C@H]1[C@@H](CCCCCC(=O)O)[C@H](O)C[C@@H]1O. The summed E-state index contributed by atoms with van der Waals surface area (Å²) in [5, 5.41) is 39.2. The zero-order chi connectivity index (χ0) is 20.1. The van der Waals surface area contributed by atoms with E-state index in [4.69, 9.17) is 5.11 Å². The first-order chi connectivity index (χ1) is 13.0. The number of carboxylic acid groups (broad SMARTS) is 1. The average Bonchev–Trinajstić information content (AvgIpc) is 2.88. The van der Waals surface area contributed by atoms with E-state index in [1.165, 1.54) is 19.3 Å². The molecule has 0 heterocycles. The van der Waals surface area contributed by atoms with Crippen molar-refractivity contribution in [1.29, 1.82) is 0 Å². The van der Waals surface area contributed by atoms with Crippen molar-refractivity contribution in [1.82, 2.24) is 0 Å². The van der Waals surface area contributed by atoms with Gasteiger partial charge >= 0.3 is 5.97 Å². The molecule has 1 saturated carbocycles. The van der Waals surface area contributed by atoms with Crippen LogP contribution in [0, 0.1) is 11.8 Å². The van der Waals surface area contributed by atoms with Crippen LogP contribution in [0.3, 0.4) is 0 Å². The van der Waals surface area contributed by atoms with Crippen LogP contribution in [0.15, 0.2) is 24.3 Å². The maximum atomic E-state index is 10.5. The van der Waals surface area contributed by atoms with Gasteiger partial charge in [-0.15, -0.1) is 0 Å². The fraction of sp³-hybridized carbons (Fsp3) is 0.773. The zero-order valence-electron chi connectivity index (χ0n) is 16.7. The lowest BCUT2D eigenvalue weighted by Gasteiger charge is -2.21. The first-order valence-corrected chi connectivity index (χ1v) is 10.5. The molecule has 5 nitrogen and oxygen atoms in total. The van der Waals surface area contributed by atoms with E-state index < -0.39 is 24.3 Å². The molecular formula is C22H38O5. The molecule has 27 heavy (non-hydrogen) atoms. The Bertz CT molecular complexity index is 460. The molecular weight excluding hydrogens is 344 g/mol. The molecule has 1 aliphatic carbocycles. The molecule has 156 valence electrons. The van der Waals surface area contributed by atoms with E-state index >= 15 is 0 Å². The molecule has 0 bridgehead atoms. The number of aliphatic carboxylic acids is 1. The third-order valence-electron chi connectivity index (χ3n) is 5.42. The van der Waals surface area contributed by atoms with E-state index in [0.717, 1.165) is 25.7 Å². The summed E-state index contributed by atoms with van der Waals surface area (Å²) in [6.45, 7) is 2.18. The van der Waals surface area contributed by atoms with Crippen LogP contribution in [0.4, 0.5) is 0 Å². The molecule has 0 saturated heterocycles. The molecule has 0 spiro atoms. The fourth-order valence-electron chi connectivity index (χ4n) is 3.81. The summed E-state index contributed by atoms with van der Waals surface area (Å²) in [6.07, 6.45) is 14.8. The van der Waals surface area contributed by atoms with Crippen LogP contribution < -0.4 is 0 Å².